The lowest BCUT2D eigenvalue weighted by Gasteiger charge is -2.30. The van der Waals surface area contributed by atoms with Gasteiger partial charge in [-0.2, -0.15) is 0 Å². The number of benzene rings is 2. The van der Waals surface area contributed by atoms with Crippen molar-refractivity contribution in [1.29, 1.82) is 0 Å². The molecule has 1 aliphatic rings. The number of aryl methyl sites for hydroxylation is 4. The summed E-state index contributed by atoms with van der Waals surface area (Å²) in [6.45, 7) is 9.96. The Hall–Kier alpha value is -2.09. The molecule has 0 saturated carbocycles. The van der Waals surface area contributed by atoms with E-state index in [2.05, 4.69) is 45.0 Å². The zero-order valence-corrected chi connectivity index (χ0v) is 13.9. The van der Waals surface area contributed by atoms with Crippen LogP contribution in [0.1, 0.15) is 43.7 Å². The zero-order chi connectivity index (χ0) is 15.9. The van der Waals surface area contributed by atoms with Gasteiger partial charge in [-0.15, -0.1) is 0 Å². The first-order chi connectivity index (χ1) is 10.5. The lowest BCUT2D eigenvalue weighted by atomic mass is 9.95. The van der Waals surface area contributed by atoms with Crippen molar-refractivity contribution in [2.24, 2.45) is 0 Å². The van der Waals surface area contributed by atoms with Gasteiger partial charge in [-0.1, -0.05) is 35.4 Å². The molecule has 1 heterocycles. The summed E-state index contributed by atoms with van der Waals surface area (Å²) in [4.78, 5) is 14.8. The highest BCUT2D eigenvalue weighted by Gasteiger charge is 2.25. The second kappa shape index (κ2) is 5.60. The average molecular weight is 293 g/mol. The molecule has 2 aromatic carbocycles. The molecule has 0 unspecified atom stereocenters. The molecule has 0 bridgehead atoms. The van der Waals surface area contributed by atoms with E-state index in [0.29, 0.717) is 6.54 Å². The van der Waals surface area contributed by atoms with Crippen molar-refractivity contribution >= 4 is 5.91 Å². The maximum atomic E-state index is 12.8. The second-order valence-electron chi connectivity index (χ2n) is 6.51. The second-order valence-corrected chi connectivity index (χ2v) is 6.51. The van der Waals surface area contributed by atoms with Gasteiger partial charge in [-0.3, -0.25) is 4.79 Å². The first-order valence-electron chi connectivity index (χ1n) is 7.91. The fourth-order valence-electron chi connectivity index (χ4n) is 3.44. The number of hydrogen-bond acceptors (Lipinski definition) is 1. The maximum absolute atomic E-state index is 12.8. The Balaban J connectivity index is 1.91. The fraction of sp³-hybridized carbons (Fsp3) is 0.350. The summed E-state index contributed by atoms with van der Waals surface area (Å²) in [6, 6.07) is 10.6. The topological polar surface area (TPSA) is 20.3 Å². The van der Waals surface area contributed by atoms with Crippen LogP contribution in [0.4, 0.5) is 0 Å². The van der Waals surface area contributed by atoms with Crippen LogP contribution in [-0.2, 0) is 13.0 Å². The molecule has 114 valence electrons. The quantitative estimate of drug-likeness (QED) is 0.815. The van der Waals surface area contributed by atoms with Crippen LogP contribution in [0, 0.1) is 27.7 Å². The van der Waals surface area contributed by atoms with Gasteiger partial charge < -0.3 is 4.90 Å². The Morgan fingerprint density at radius 2 is 1.64 bits per heavy atom. The molecule has 1 aliphatic heterocycles. The molecule has 3 rings (SSSR count). The predicted molar refractivity (Wildman–Crippen MR) is 90.3 cm³/mol. The molecular weight excluding hydrogens is 270 g/mol. The van der Waals surface area contributed by atoms with Crippen LogP contribution in [0.5, 0.6) is 0 Å². The summed E-state index contributed by atoms with van der Waals surface area (Å²) in [5, 5.41) is 0. The van der Waals surface area contributed by atoms with Crippen LogP contribution in [0.15, 0.2) is 30.3 Å². The number of carbonyl (C=O) groups excluding carboxylic acids is 1. The van der Waals surface area contributed by atoms with Crippen molar-refractivity contribution in [3.8, 4) is 0 Å². The Morgan fingerprint density at radius 1 is 0.955 bits per heavy atom. The van der Waals surface area contributed by atoms with E-state index in [9.17, 15) is 4.79 Å². The average Bonchev–Trinajstić information content (AvgIpc) is 2.45. The summed E-state index contributed by atoms with van der Waals surface area (Å²) >= 11 is 0. The molecule has 0 N–H and O–H groups in total. The van der Waals surface area contributed by atoms with Crippen LogP contribution in [0.25, 0.3) is 0 Å². The van der Waals surface area contributed by atoms with Gasteiger partial charge in [0.25, 0.3) is 5.91 Å². The molecule has 2 heteroatoms. The third kappa shape index (κ3) is 2.66. The highest BCUT2D eigenvalue weighted by molar-refractivity contribution is 5.97. The number of amides is 1. The highest BCUT2D eigenvalue weighted by atomic mass is 16.2. The Morgan fingerprint density at radius 3 is 2.32 bits per heavy atom. The molecule has 0 saturated heterocycles. The smallest absolute Gasteiger partial charge is 0.254 e. The fourth-order valence-corrected chi connectivity index (χ4v) is 3.44. The largest absolute Gasteiger partial charge is 0.334 e. The third-order valence-corrected chi connectivity index (χ3v) is 4.62. The predicted octanol–water partition coefficient (Wildman–Crippen LogP) is 4.12. The zero-order valence-electron chi connectivity index (χ0n) is 13.9. The Bertz CT molecular complexity index is 722. The SMILES string of the molecule is Cc1cc(C)c(CN2CCc3ccc(C)cc3C2=O)c(C)c1. The van der Waals surface area contributed by atoms with Crippen molar-refractivity contribution in [2.75, 3.05) is 6.54 Å². The van der Waals surface area contributed by atoms with Gasteiger partial charge >= 0.3 is 0 Å². The van der Waals surface area contributed by atoms with E-state index < -0.39 is 0 Å². The number of rotatable bonds is 2. The minimum absolute atomic E-state index is 0.171. The number of carbonyl (C=O) groups is 1. The van der Waals surface area contributed by atoms with Gasteiger partial charge in [-0.25, -0.2) is 0 Å². The molecule has 0 fully saturated rings. The molecule has 0 radical (unpaired) electrons. The number of hydrogen-bond donors (Lipinski definition) is 0. The van der Waals surface area contributed by atoms with Crippen LogP contribution in [0.2, 0.25) is 0 Å². The van der Waals surface area contributed by atoms with Gasteiger partial charge in [0, 0.05) is 18.7 Å². The van der Waals surface area contributed by atoms with Crippen molar-refractivity contribution in [2.45, 2.75) is 40.7 Å². The summed E-state index contributed by atoms with van der Waals surface area (Å²) in [5.41, 5.74) is 8.34. The van der Waals surface area contributed by atoms with E-state index in [4.69, 9.17) is 0 Å². The lowest BCUT2D eigenvalue weighted by molar-refractivity contribution is 0.0726. The standard InChI is InChI=1S/C20H23NO/c1-13-5-6-17-7-8-21(20(22)18(17)11-13)12-19-15(3)9-14(2)10-16(19)4/h5-6,9-11H,7-8,12H2,1-4H3. The molecule has 2 nitrogen and oxygen atoms in total. The summed E-state index contributed by atoms with van der Waals surface area (Å²) < 4.78 is 0. The van der Waals surface area contributed by atoms with E-state index in [1.54, 1.807) is 0 Å². The van der Waals surface area contributed by atoms with E-state index in [1.807, 2.05) is 17.9 Å². The van der Waals surface area contributed by atoms with Gasteiger partial charge in [0.2, 0.25) is 0 Å². The van der Waals surface area contributed by atoms with E-state index >= 15 is 0 Å². The van der Waals surface area contributed by atoms with Crippen LogP contribution in [0.3, 0.4) is 0 Å². The normalized spacial score (nSPS) is 14.2. The van der Waals surface area contributed by atoms with Gasteiger partial charge in [0.05, 0.1) is 0 Å². The van der Waals surface area contributed by atoms with Crippen molar-refractivity contribution < 1.29 is 4.79 Å². The first kappa shape index (κ1) is 14.8. The van der Waals surface area contributed by atoms with Gasteiger partial charge in [-0.05, 0) is 62.4 Å². The van der Waals surface area contributed by atoms with E-state index in [1.165, 1.54) is 27.8 Å². The highest BCUT2D eigenvalue weighted by Crippen LogP contribution is 2.24. The third-order valence-electron chi connectivity index (χ3n) is 4.62. The molecular formula is C20H23NO. The summed E-state index contributed by atoms with van der Waals surface area (Å²) in [7, 11) is 0. The van der Waals surface area contributed by atoms with Gasteiger partial charge in [0.15, 0.2) is 0 Å². The summed E-state index contributed by atoms with van der Waals surface area (Å²) in [5.74, 6) is 0.171. The van der Waals surface area contributed by atoms with Crippen molar-refractivity contribution in [1.82, 2.24) is 4.90 Å². The Labute approximate surface area is 132 Å². The number of nitrogens with zero attached hydrogens (tertiary/aromatic N) is 1. The lowest BCUT2D eigenvalue weighted by Crippen LogP contribution is -2.37. The van der Waals surface area contributed by atoms with Gasteiger partial charge in [0.1, 0.15) is 0 Å². The maximum Gasteiger partial charge on any atom is 0.254 e. The van der Waals surface area contributed by atoms with E-state index in [-0.39, 0.29) is 5.91 Å². The van der Waals surface area contributed by atoms with Crippen LogP contribution >= 0.6 is 0 Å². The molecule has 0 aromatic heterocycles. The van der Waals surface area contributed by atoms with Crippen molar-refractivity contribution in [3.05, 3.63) is 69.3 Å². The van der Waals surface area contributed by atoms with Crippen LogP contribution < -0.4 is 0 Å². The minimum atomic E-state index is 0.171. The Kier molecular flexibility index (Phi) is 3.78. The molecule has 22 heavy (non-hydrogen) atoms. The molecule has 0 aliphatic carbocycles. The molecule has 0 atom stereocenters. The molecule has 1 amide bonds. The molecule has 2 aromatic rings. The van der Waals surface area contributed by atoms with E-state index in [0.717, 1.165) is 24.1 Å². The first-order valence-corrected chi connectivity index (χ1v) is 7.91. The minimum Gasteiger partial charge on any atom is -0.334 e. The van der Waals surface area contributed by atoms with Crippen LogP contribution in [-0.4, -0.2) is 17.4 Å². The monoisotopic (exact) mass is 293 g/mol. The molecule has 0 spiro atoms. The summed E-state index contributed by atoms with van der Waals surface area (Å²) in [6.07, 6.45) is 0.950. The number of fused-ring (bicyclic) bond motifs is 1. The van der Waals surface area contributed by atoms with Crippen molar-refractivity contribution in [3.63, 3.8) is 0 Å².